The summed E-state index contributed by atoms with van der Waals surface area (Å²) in [4.78, 5) is 12.3. The van der Waals surface area contributed by atoms with Crippen molar-refractivity contribution in [3.8, 4) is 11.5 Å². The Hall–Kier alpha value is -1.75. The molecule has 1 aliphatic rings. The van der Waals surface area contributed by atoms with Crippen molar-refractivity contribution in [3.63, 3.8) is 0 Å². The lowest BCUT2D eigenvalue weighted by atomic mass is 9.88. The van der Waals surface area contributed by atoms with Crippen molar-refractivity contribution in [2.75, 3.05) is 27.4 Å². The number of hydrogen-bond acceptors (Lipinski definition) is 4. The van der Waals surface area contributed by atoms with Gasteiger partial charge in [0.2, 0.25) is 5.91 Å². The quantitative estimate of drug-likeness (QED) is 0.780. The van der Waals surface area contributed by atoms with E-state index in [9.17, 15) is 4.79 Å². The zero-order chi connectivity index (χ0) is 18.2. The minimum Gasteiger partial charge on any atom is -0.493 e. The lowest BCUT2D eigenvalue weighted by Crippen LogP contribution is -2.34. The molecule has 2 rings (SSSR count). The van der Waals surface area contributed by atoms with E-state index in [0.29, 0.717) is 30.4 Å². The van der Waals surface area contributed by atoms with E-state index in [1.54, 1.807) is 14.2 Å². The highest BCUT2D eigenvalue weighted by atomic mass is 16.5. The third-order valence-corrected chi connectivity index (χ3v) is 4.85. The number of carbonyl (C=O) groups excluding carboxylic acids is 1. The van der Waals surface area contributed by atoms with Crippen LogP contribution in [-0.2, 0) is 9.53 Å². The van der Waals surface area contributed by atoms with E-state index in [-0.39, 0.29) is 17.9 Å². The Bertz CT molecular complexity index is 553. The van der Waals surface area contributed by atoms with Gasteiger partial charge in [-0.05, 0) is 42.9 Å². The van der Waals surface area contributed by atoms with Crippen molar-refractivity contribution in [1.82, 2.24) is 5.32 Å². The number of methoxy groups -OCH3 is 2. The lowest BCUT2D eigenvalue weighted by molar-refractivity contribution is -0.124. The van der Waals surface area contributed by atoms with E-state index in [2.05, 4.69) is 19.2 Å². The van der Waals surface area contributed by atoms with Crippen molar-refractivity contribution in [3.05, 3.63) is 23.8 Å². The van der Waals surface area contributed by atoms with Crippen LogP contribution < -0.4 is 14.8 Å². The summed E-state index contributed by atoms with van der Waals surface area (Å²) < 4.78 is 16.4. The number of rotatable bonds is 8. The molecule has 1 fully saturated rings. The lowest BCUT2D eigenvalue weighted by Gasteiger charge is -2.25. The summed E-state index contributed by atoms with van der Waals surface area (Å²) in [5.74, 6) is 2.11. The number of hydrogen-bond donors (Lipinski definition) is 1. The first-order valence-corrected chi connectivity index (χ1v) is 9.15. The molecule has 1 aromatic rings. The maximum Gasteiger partial charge on any atom is 0.222 e. The van der Waals surface area contributed by atoms with Gasteiger partial charge >= 0.3 is 0 Å². The topological polar surface area (TPSA) is 56.8 Å². The van der Waals surface area contributed by atoms with Crippen LogP contribution in [-0.4, -0.2) is 39.4 Å². The van der Waals surface area contributed by atoms with E-state index in [0.717, 1.165) is 31.4 Å². The molecule has 0 saturated carbocycles. The first-order valence-electron chi connectivity index (χ1n) is 9.15. The van der Waals surface area contributed by atoms with E-state index in [1.807, 2.05) is 18.2 Å². The Morgan fingerprint density at radius 1 is 1.24 bits per heavy atom. The third kappa shape index (κ3) is 5.63. The fourth-order valence-electron chi connectivity index (χ4n) is 3.29. The smallest absolute Gasteiger partial charge is 0.222 e. The van der Waals surface area contributed by atoms with Gasteiger partial charge in [0.25, 0.3) is 0 Å². The van der Waals surface area contributed by atoms with Crippen molar-refractivity contribution in [2.24, 2.45) is 5.92 Å². The number of ether oxygens (including phenoxy) is 3. The highest BCUT2D eigenvalue weighted by Crippen LogP contribution is 2.33. The summed E-state index contributed by atoms with van der Waals surface area (Å²) >= 11 is 0. The standard InChI is InChI=1S/C20H31NO4/c1-14(2)17(15-8-9-18(23-3)19(11-15)24-4)13-21-20(22)12-16-7-5-6-10-25-16/h8-9,11,14,16-17H,5-7,10,12-13H2,1-4H3,(H,21,22). The number of nitrogens with one attached hydrogen (secondary N) is 1. The van der Waals surface area contributed by atoms with Crippen LogP contribution in [0, 0.1) is 5.92 Å². The Labute approximate surface area is 151 Å². The molecule has 140 valence electrons. The van der Waals surface area contributed by atoms with Gasteiger partial charge in [0.05, 0.1) is 26.7 Å². The molecule has 0 aliphatic carbocycles. The monoisotopic (exact) mass is 349 g/mol. The number of amides is 1. The van der Waals surface area contributed by atoms with Gasteiger partial charge in [0.15, 0.2) is 11.5 Å². The molecular weight excluding hydrogens is 318 g/mol. The summed E-state index contributed by atoms with van der Waals surface area (Å²) in [6, 6.07) is 5.96. The van der Waals surface area contributed by atoms with Crippen molar-refractivity contribution >= 4 is 5.91 Å². The van der Waals surface area contributed by atoms with Crippen LogP contribution in [0.4, 0.5) is 0 Å². The number of carbonyl (C=O) groups is 1. The Balaban J connectivity index is 1.97. The highest BCUT2D eigenvalue weighted by Gasteiger charge is 2.21. The van der Waals surface area contributed by atoms with Gasteiger partial charge < -0.3 is 19.5 Å². The minimum absolute atomic E-state index is 0.0676. The summed E-state index contributed by atoms with van der Waals surface area (Å²) in [5.41, 5.74) is 1.14. The first-order chi connectivity index (χ1) is 12.0. The molecule has 1 heterocycles. The first kappa shape index (κ1) is 19.6. The maximum absolute atomic E-state index is 12.3. The van der Waals surface area contributed by atoms with Crippen LogP contribution in [0.2, 0.25) is 0 Å². The molecule has 0 aromatic heterocycles. The zero-order valence-corrected chi connectivity index (χ0v) is 15.8. The predicted octanol–water partition coefficient (Wildman–Crippen LogP) is 3.52. The van der Waals surface area contributed by atoms with Crippen LogP contribution in [0.5, 0.6) is 11.5 Å². The molecule has 0 spiro atoms. The van der Waals surface area contributed by atoms with Crippen molar-refractivity contribution in [2.45, 2.75) is 51.6 Å². The van der Waals surface area contributed by atoms with Gasteiger partial charge in [-0.2, -0.15) is 0 Å². The molecule has 0 bridgehead atoms. The van der Waals surface area contributed by atoms with E-state index < -0.39 is 0 Å². The van der Waals surface area contributed by atoms with Crippen LogP contribution in [0.15, 0.2) is 18.2 Å². The molecule has 2 atom stereocenters. The summed E-state index contributed by atoms with van der Waals surface area (Å²) in [6.45, 7) is 5.71. The summed E-state index contributed by atoms with van der Waals surface area (Å²) in [5, 5.41) is 3.08. The third-order valence-electron chi connectivity index (χ3n) is 4.85. The number of benzene rings is 1. The van der Waals surface area contributed by atoms with Gasteiger partial charge in [0.1, 0.15) is 0 Å². The summed E-state index contributed by atoms with van der Waals surface area (Å²) in [6.07, 6.45) is 3.77. The zero-order valence-electron chi connectivity index (χ0n) is 15.8. The molecule has 2 unspecified atom stereocenters. The SMILES string of the molecule is COc1ccc(C(CNC(=O)CC2CCCCO2)C(C)C)cc1OC. The molecule has 5 nitrogen and oxygen atoms in total. The Morgan fingerprint density at radius 3 is 2.60 bits per heavy atom. The molecule has 1 aliphatic heterocycles. The van der Waals surface area contributed by atoms with Crippen LogP contribution in [0.1, 0.15) is 51.0 Å². The molecule has 1 aromatic carbocycles. The van der Waals surface area contributed by atoms with Crippen molar-refractivity contribution < 1.29 is 19.0 Å². The van der Waals surface area contributed by atoms with Crippen LogP contribution >= 0.6 is 0 Å². The van der Waals surface area contributed by atoms with E-state index in [1.165, 1.54) is 0 Å². The highest BCUT2D eigenvalue weighted by molar-refractivity contribution is 5.76. The van der Waals surface area contributed by atoms with E-state index >= 15 is 0 Å². The molecule has 5 heteroatoms. The van der Waals surface area contributed by atoms with Gasteiger partial charge in [-0.15, -0.1) is 0 Å². The second kappa shape index (κ2) is 9.66. The Kier molecular flexibility index (Phi) is 7.56. The van der Waals surface area contributed by atoms with Gasteiger partial charge in [-0.3, -0.25) is 4.79 Å². The van der Waals surface area contributed by atoms with E-state index in [4.69, 9.17) is 14.2 Å². The maximum atomic E-state index is 12.3. The van der Waals surface area contributed by atoms with Gasteiger partial charge in [0, 0.05) is 19.1 Å². The Morgan fingerprint density at radius 2 is 2.00 bits per heavy atom. The second-order valence-electron chi connectivity index (χ2n) is 6.96. The molecule has 1 amide bonds. The second-order valence-corrected chi connectivity index (χ2v) is 6.96. The largest absolute Gasteiger partial charge is 0.493 e. The fourth-order valence-corrected chi connectivity index (χ4v) is 3.29. The average Bonchev–Trinajstić information content (AvgIpc) is 2.62. The van der Waals surface area contributed by atoms with Gasteiger partial charge in [-0.25, -0.2) is 0 Å². The van der Waals surface area contributed by atoms with Gasteiger partial charge in [-0.1, -0.05) is 19.9 Å². The minimum atomic E-state index is 0.0676. The molecule has 1 N–H and O–H groups in total. The average molecular weight is 349 g/mol. The molecular formula is C20H31NO4. The predicted molar refractivity (Wildman–Crippen MR) is 98.3 cm³/mol. The van der Waals surface area contributed by atoms with Crippen LogP contribution in [0.25, 0.3) is 0 Å². The van der Waals surface area contributed by atoms with Crippen molar-refractivity contribution in [1.29, 1.82) is 0 Å². The molecule has 0 radical (unpaired) electrons. The van der Waals surface area contributed by atoms with Crippen LogP contribution in [0.3, 0.4) is 0 Å². The summed E-state index contributed by atoms with van der Waals surface area (Å²) in [7, 11) is 3.27. The molecule has 1 saturated heterocycles. The molecule has 25 heavy (non-hydrogen) atoms. The normalized spacial score (nSPS) is 18.7. The fraction of sp³-hybridized carbons (Fsp3) is 0.650.